The Kier molecular flexibility index (Phi) is 5.74. The van der Waals surface area contributed by atoms with Crippen molar-refractivity contribution in [3.05, 3.63) is 28.0 Å². The Labute approximate surface area is 127 Å². The first-order chi connectivity index (χ1) is 9.70. The van der Waals surface area contributed by atoms with Crippen LogP contribution in [0, 0.1) is 5.82 Å². The number of nitrogens with one attached hydrogen (secondary N) is 1. The lowest BCUT2D eigenvalue weighted by molar-refractivity contribution is -0.140. The fourth-order valence-corrected chi connectivity index (χ4v) is 1.93. The summed E-state index contributed by atoms with van der Waals surface area (Å²) in [6.45, 7) is -1.68. The summed E-state index contributed by atoms with van der Waals surface area (Å²) in [4.78, 5) is 33.6. The predicted molar refractivity (Wildman–Crippen MR) is 72.3 cm³/mol. The van der Waals surface area contributed by atoms with E-state index in [0.29, 0.717) is 4.90 Å². The molecule has 0 saturated carbocycles. The topological polar surface area (TPSA) is 107 Å². The van der Waals surface area contributed by atoms with Crippen LogP contribution in [-0.2, 0) is 9.59 Å². The zero-order valence-electron chi connectivity index (χ0n) is 10.3. The van der Waals surface area contributed by atoms with Gasteiger partial charge in [-0.3, -0.25) is 9.59 Å². The highest BCUT2D eigenvalue weighted by Gasteiger charge is 2.21. The van der Waals surface area contributed by atoms with Crippen LogP contribution in [0.3, 0.4) is 0 Å². The van der Waals surface area contributed by atoms with Crippen molar-refractivity contribution in [3.8, 4) is 0 Å². The molecule has 2 amide bonds. The van der Waals surface area contributed by atoms with Crippen molar-refractivity contribution in [1.29, 1.82) is 0 Å². The van der Waals surface area contributed by atoms with Gasteiger partial charge in [-0.1, -0.05) is 23.2 Å². The number of carbonyl (C=O) groups is 3. The molecular formula is C11H9Cl2FN2O5. The Balaban J connectivity index is 2.96. The van der Waals surface area contributed by atoms with Crippen LogP contribution < -0.4 is 5.32 Å². The van der Waals surface area contributed by atoms with Gasteiger partial charge in [0.15, 0.2) is 0 Å². The number of hydrogen-bond donors (Lipinski definition) is 3. The lowest BCUT2D eigenvalue weighted by Gasteiger charge is -2.20. The largest absolute Gasteiger partial charge is 0.480 e. The van der Waals surface area contributed by atoms with Gasteiger partial charge in [0.2, 0.25) is 0 Å². The molecule has 0 unspecified atom stereocenters. The maximum Gasteiger partial charge on any atom is 0.323 e. The summed E-state index contributed by atoms with van der Waals surface area (Å²) >= 11 is 11.4. The number of nitrogens with zero attached hydrogens (tertiary/aromatic N) is 1. The van der Waals surface area contributed by atoms with Crippen molar-refractivity contribution < 1.29 is 29.0 Å². The van der Waals surface area contributed by atoms with Crippen LogP contribution in [0.25, 0.3) is 0 Å². The second-order valence-electron chi connectivity index (χ2n) is 3.82. The average molecular weight is 339 g/mol. The van der Waals surface area contributed by atoms with Crippen molar-refractivity contribution in [3.63, 3.8) is 0 Å². The maximum atomic E-state index is 13.0. The number of benzene rings is 1. The summed E-state index contributed by atoms with van der Waals surface area (Å²) < 4.78 is 13.0. The number of carboxylic acid groups (broad SMARTS) is 2. The first kappa shape index (κ1) is 17.0. The fraction of sp³-hybridized carbons (Fsp3) is 0.182. The Morgan fingerprint density at radius 2 is 1.52 bits per heavy atom. The summed E-state index contributed by atoms with van der Waals surface area (Å²) in [5.41, 5.74) is -0.148. The molecule has 0 spiro atoms. The monoisotopic (exact) mass is 338 g/mol. The molecule has 0 aromatic heterocycles. The van der Waals surface area contributed by atoms with Crippen LogP contribution in [0.2, 0.25) is 10.0 Å². The number of carbonyl (C=O) groups excluding carboxylic acids is 1. The van der Waals surface area contributed by atoms with E-state index in [2.05, 4.69) is 5.32 Å². The van der Waals surface area contributed by atoms with E-state index in [4.69, 9.17) is 33.4 Å². The lowest BCUT2D eigenvalue weighted by atomic mass is 10.3. The highest BCUT2D eigenvalue weighted by Crippen LogP contribution is 2.31. The predicted octanol–water partition coefficient (Wildman–Crippen LogP) is 2.14. The zero-order chi connectivity index (χ0) is 16.2. The number of urea groups is 1. The van der Waals surface area contributed by atoms with E-state index in [0.717, 1.165) is 12.1 Å². The second-order valence-corrected chi connectivity index (χ2v) is 4.63. The fourth-order valence-electron chi connectivity index (χ4n) is 1.37. The molecule has 3 N–H and O–H groups in total. The second kappa shape index (κ2) is 7.09. The molecule has 10 heteroatoms. The minimum absolute atomic E-state index is 0.148. The van der Waals surface area contributed by atoms with Gasteiger partial charge in [0.05, 0.1) is 15.7 Å². The van der Waals surface area contributed by atoms with Crippen LogP contribution in [0.15, 0.2) is 12.1 Å². The molecule has 0 heterocycles. The Morgan fingerprint density at radius 3 is 1.90 bits per heavy atom. The lowest BCUT2D eigenvalue weighted by Crippen LogP contribution is -2.42. The summed E-state index contributed by atoms with van der Waals surface area (Å²) in [7, 11) is 0. The van der Waals surface area contributed by atoms with Crippen molar-refractivity contribution in [2.75, 3.05) is 18.4 Å². The van der Waals surface area contributed by atoms with E-state index in [1.165, 1.54) is 0 Å². The van der Waals surface area contributed by atoms with Crippen molar-refractivity contribution in [2.45, 2.75) is 0 Å². The smallest absolute Gasteiger partial charge is 0.323 e. The molecule has 1 rings (SSSR count). The highest BCUT2D eigenvalue weighted by molar-refractivity contribution is 6.39. The van der Waals surface area contributed by atoms with Crippen LogP contribution in [0.5, 0.6) is 0 Å². The molecule has 114 valence electrons. The molecule has 1 aromatic carbocycles. The van der Waals surface area contributed by atoms with Crippen LogP contribution in [0.1, 0.15) is 0 Å². The summed E-state index contributed by atoms with van der Waals surface area (Å²) in [6, 6.07) is 0.735. The number of amides is 2. The van der Waals surface area contributed by atoms with Gasteiger partial charge in [0.1, 0.15) is 18.9 Å². The van der Waals surface area contributed by atoms with Crippen LogP contribution >= 0.6 is 23.2 Å². The van der Waals surface area contributed by atoms with Gasteiger partial charge < -0.3 is 20.4 Å². The van der Waals surface area contributed by atoms with Crippen LogP contribution in [0.4, 0.5) is 14.9 Å². The Bertz CT molecular complexity index is 557. The molecule has 0 bridgehead atoms. The third-order valence-corrected chi connectivity index (χ3v) is 2.77. The van der Waals surface area contributed by atoms with Gasteiger partial charge in [-0.25, -0.2) is 9.18 Å². The molecule has 7 nitrogen and oxygen atoms in total. The SMILES string of the molecule is O=C(O)CN(CC(=O)O)C(=O)Nc1c(Cl)cc(F)cc1Cl. The Hall–Kier alpha value is -2.06. The van der Waals surface area contributed by atoms with E-state index in [9.17, 15) is 18.8 Å². The highest BCUT2D eigenvalue weighted by atomic mass is 35.5. The summed E-state index contributed by atoms with van der Waals surface area (Å²) in [6.07, 6.45) is 0. The molecular weight excluding hydrogens is 330 g/mol. The molecule has 0 fully saturated rings. The third kappa shape index (κ3) is 5.09. The van der Waals surface area contributed by atoms with Gasteiger partial charge in [-0.2, -0.15) is 0 Å². The van der Waals surface area contributed by atoms with Crippen molar-refractivity contribution in [2.24, 2.45) is 0 Å². The van der Waals surface area contributed by atoms with E-state index >= 15 is 0 Å². The van der Waals surface area contributed by atoms with E-state index in [1.54, 1.807) is 0 Å². The van der Waals surface area contributed by atoms with Gasteiger partial charge >= 0.3 is 18.0 Å². The van der Waals surface area contributed by atoms with Crippen molar-refractivity contribution in [1.82, 2.24) is 4.90 Å². The number of rotatable bonds is 5. The van der Waals surface area contributed by atoms with E-state index in [-0.39, 0.29) is 15.7 Å². The maximum absolute atomic E-state index is 13.0. The molecule has 1 aromatic rings. The van der Waals surface area contributed by atoms with E-state index in [1.807, 2.05) is 0 Å². The number of hydrogen-bond acceptors (Lipinski definition) is 3. The first-order valence-electron chi connectivity index (χ1n) is 5.34. The van der Waals surface area contributed by atoms with Crippen molar-refractivity contribution >= 4 is 46.9 Å². The van der Waals surface area contributed by atoms with Crippen LogP contribution in [-0.4, -0.2) is 46.2 Å². The molecule has 0 aliphatic rings. The molecule has 0 saturated heterocycles. The van der Waals surface area contributed by atoms with Gasteiger partial charge in [0.25, 0.3) is 0 Å². The third-order valence-electron chi connectivity index (χ3n) is 2.18. The first-order valence-corrected chi connectivity index (χ1v) is 6.10. The number of aliphatic carboxylic acids is 2. The molecule has 0 aliphatic heterocycles. The van der Waals surface area contributed by atoms with Gasteiger partial charge in [0, 0.05) is 0 Å². The average Bonchev–Trinajstić information content (AvgIpc) is 2.31. The zero-order valence-corrected chi connectivity index (χ0v) is 11.8. The summed E-state index contributed by atoms with van der Waals surface area (Å²) in [5, 5.41) is 19.0. The number of halogens is 3. The standard InChI is InChI=1S/C11H9Cl2FN2O5/c12-6-1-5(14)2-7(13)10(6)15-11(21)16(3-8(17)18)4-9(19)20/h1-2H,3-4H2,(H,15,21)(H,17,18)(H,19,20). The number of anilines is 1. The molecule has 0 aliphatic carbocycles. The van der Waals surface area contributed by atoms with Gasteiger partial charge in [-0.05, 0) is 12.1 Å². The minimum Gasteiger partial charge on any atom is -0.480 e. The number of carboxylic acids is 2. The van der Waals surface area contributed by atoms with Gasteiger partial charge in [-0.15, -0.1) is 0 Å². The quantitative estimate of drug-likeness (QED) is 0.762. The minimum atomic E-state index is -1.40. The molecule has 0 atom stereocenters. The molecule has 0 radical (unpaired) electrons. The summed E-state index contributed by atoms with van der Waals surface area (Å²) in [5.74, 6) is -3.53. The van der Waals surface area contributed by atoms with E-state index < -0.39 is 36.9 Å². The molecule has 21 heavy (non-hydrogen) atoms. The normalized spacial score (nSPS) is 10.0. The Morgan fingerprint density at radius 1 is 1.10 bits per heavy atom.